The molecule has 3 atom stereocenters. The van der Waals surface area contributed by atoms with Gasteiger partial charge in [0.05, 0.1) is 7.11 Å². The van der Waals surface area contributed by atoms with Crippen molar-refractivity contribution in [2.75, 3.05) is 13.7 Å². The van der Waals surface area contributed by atoms with E-state index in [0.717, 1.165) is 20.9 Å². The highest BCUT2D eigenvalue weighted by molar-refractivity contribution is 7.47. The van der Waals surface area contributed by atoms with Crippen molar-refractivity contribution in [1.82, 2.24) is 10.3 Å². The molecule has 4 rings (SSSR count). The zero-order chi connectivity index (χ0) is 15.8. The molecule has 3 nitrogen and oxygen atoms in total. The van der Waals surface area contributed by atoms with Gasteiger partial charge in [-0.3, -0.25) is 0 Å². The third-order valence-electron chi connectivity index (χ3n) is 4.60. The molecule has 0 bridgehead atoms. The zero-order valence-electron chi connectivity index (χ0n) is 13.4. The largest absolute Gasteiger partial charge is 0.497 e. The van der Waals surface area contributed by atoms with E-state index < -0.39 is 0 Å². The molecular weight excluding hydrogens is 303 g/mol. The van der Waals surface area contributed by atoms with Crippen molar-refractivity contribution in [3.8, 4) is 5.75 Å². The number of aromatic amines is 1. The Kier molecular flexibility index (Phi) is 3.84. The summed E-state index contributed by atoms with van der Waals surface area (Å²) in [6.45, 7) is 3.25. The average Bonchev–Trinajstić information content (AvgIpc) is 2.98. The minimum Gasteiger partial charge on any atom is -0.497 e. The number of nitrogens with one attached hydrogen (secondary N) is 2. The van der Waals surface area contributed by atoms with Crippen molar-refractivity contribution in [1.29, 1.82) is 0 Å². The van der Waals surface area contributed by atoms with Gasteiger partial charge in [-0.25, -0.2) is 0 Å². The van der Waals surface area contributed by atoms with E-state index in [9.17, 15) is 0 Å². The number of methoxy groups -OCH3 is 1. The van der Waals surface area contributed by atoms with E-state index in [0.29, 0.717) is 11.7 Å². The molecule has 2 N–H and O–H groups in total. The van der Waals surface area contributed by atoms with Gasteiger partial charge < -0.3 is 15.0 Å². The molecule has 23 heavy (non-hydrogen) atoms. The van der Waals surface area contributed by atoms with Crippen LogP contribution in [0.1, 0.15) is 29.9 Å². The SMILES string of the molecule is COc1ccc2[nH]c3c(c2c1)C(Pc1ccccc1)CNC3C. The molecule has 3 unspecified atom stereocenters. The quantitative estimate of drug-likeness (QED) is 0.717. The van der Waals surface area contributed by atoms with E-state index in [1.54, 1.807) is 7.11 Å². The summed E-state index contributed by atoms with van der Waals surface area (Å²) >= 11 is 0. The summed E-state index contributed by atoms with van der Waals surface area (Å²) in [7, 11) is 2.49. The summed E-state index contributed by atoms with van der Waals surface area (Å²) in [6, 6.07) is 17.5. The van der Waals surface area contributed by atoms with Gasteiger partial charge in [-0.05, 0) is 36.0 Å². The van der Waals surface area contributed by atoms with Gasteiger partial charge in [0.2, 0.25) is 0 Å². The fraction of sp³-hybridized carbons (Fsp3) is 0.263. The van der Waals surface area contributed by atoms with Crippen LogP contribution in [0.15, 0.2) is 48.5 Å². The smallest absolute Gasteiger partial charge is 0.119 e. The van der Waals surface area contributed by atoms with Crippen molar-refractivity contribution in [2.24, 2.45) is 0 Å². The van der Waals surface area contributed by atoms with Crippen LogP contribution in [-0.4, -0.2) is 18.6 Å². The second-order valence-electron chi connectivity index (χ2n) is 6.06. The van der Waals surface area contributed by atoms with Crippen LogP contribution in [-0.2, 0) is 0 Å². The molecule has 1 aromatic heterocycles. The highest BCUT2D eigenvalue weighted by atomic mass is 31.1. The molecule has 2 aromatic carbocycles. The van der Waals surface area contributed by atoms with Gasteiger partial charge in [0.15, 0.2) is 0 Å². The Bertz CT molecular complexity index is 828. The minimum absolute atomic E-state index is 0.361. The van der Waals surface area contributed by atoms with Crippen LogP contribution < -0.4 is 15.4 Å². The predicted octanol–water partition coefficient (Wildman–Crippen LogP) is 3.89. The molecule has 0 aliphatic carbocycles. The first-order valence-electron chi connectivity index (χ1n) is 8.00. The molecular formula is C19H21N2OP. The van der Waals surface area contributed by atoms with Crippen molar-refractivity contribution < 1.29 is 4.74 Å². The number of fused-ring (bicyclic) bond motifs is 3. The van der Waals surface area contributed by atoms with Gasteiger partial charge in [-0.2, -0.15) is 0 Å². The molecule has 0 radical (unpaired) electrons. The third kappa shape index (κ3) is 2.65. The Hall–Kier alpha value is -1.83. The molecule has 0 spiro atoms. The van der Waals surface area contributed by atoms with Crippen LogP contribution in [0.2, 0.25) is 0 Å². The maximum atomic E-state index is 5.44. The molecule has 1 aliphatic heterocycles. The Morgan fingerprint density at radius 3 is 2.74 bits per heavy atom. The zero-order valence-corrected chi connectivity index (χ0v) is 14.4. The standard InChI is InChI=1S/C19H21N2OP/c1-12-19-18(15-10-13(22-2)8-9-16(15)21-19)17(11-20-12)23-14-6-4-3-5-7-14/h3-10,12,17,20-21,23H,11H2,1-2H3. The first kappa shape index (κ1) is 14.7. The first-order valence-corrected chi connectivity index (χ1v) is 9.08. The molecule has 3 aromatic rings. The summed E-state index contributed by atoms with van der Waals surface area (Å²) in [6.07, 6.45) is 0. The Labute approximate surface area is 138 Å². The summed E-state index contributed by atoms with van der Waals surface area (Å²) in [5, 5.41) is 6.36. The summed E-state index contributed by atoms with van der Waals surface area (Å²) in [4.78, 5) is 3.62. The van der Waals surface area contributed by atoms with Crippen LogP contribution in [0.3, 0.4) is 0 Å². The summed E-state index contributed by atoms with van der Waals surface area (Å²) in [5.74, 6) is 0.923. The van der Waals surface area contributed by atoms with E-state index in [1.807, 2.05) is 6.07 Å². The first-order chi connectivity index (χ1) is 11.3. The van der Waals surface area contributed by atoms with Crippen molar-refractivity contribution in [2.45, 2.75) is 18.6 Å². The Morgan fingerprint density at radius 2 is 1.96 bits per heavy atom. The number of benzene rings is 2. The van der Waals surface area contributed by atoms with Crippen molar-refractivity contribution in [3.63, 3.8) is 0 Å². The van der Waals surface area contributed by atoms with E-state index in [-0.39, 0.29) is 0 Å². The number of ether oxygens (including phenoxy) is 1. The van der Waals surface area contributed by atoms with Gasteiger partial charge in [-0.1, -0.05) is 38.9 Å². The molecule has 118 valence electrons. The number of aromatic nitrogens is 1. The lowest BCUT2D eigenvalue weighted by Crippen LogP contribution is -2.30. The van der Waals surface area contributed by atoms with Crippen molar-refractivity contribution in [3.05, 3.63) is 59.8 Å². The second-order valence-corrected chi connectivity index (χ2v) is 7.62. The lowest BCUT2D eigenvalue weighted by Gasteiger charge is -2.28. The van der Waals surface area contributed by atoms with Gasteiger partial charge in [0.1, 0.15) is 5.75 Å². The molecule has 2 heterocycles. The normalized spacial score (nSPS) is 21.0. The Morgan fingerprint density at radius 1 is 1.13 bits per heavy atom. The number of H-pyrrole nitrogens is 1. The molecule has 0 saturated carbocycles. The maximum absolute atomic E-state index is 5.44. The molecule has 4 heteroatoms. The number of rotatable bonds is 3. The maximum Gasteiger partial charge on any atom is 0.119 e. The van der Waals surface area contributed by atoms with Gasteiger partial charge >= 0.3 is 0 Å². The molecule has 1 aliphatic rings. The topological polar surface area (TPSA) is 37.0 Å². The van der Waals surface area contributed by atoms with E-state index >= 15 is 0 Å². The number of hydrogen-bond donors (Lipinski definition) is 2. The fourth-order valence-electron chi connectivity index (χ4n) is 3.41. The van der Waals surface area contributed by atoms with Crippen LogP contribution in [0.25, 0.3) is 10.9 Å². The second kappa shape index (κ2) is 5.99. The lowest BCUT2D eigenvalue weighted by molar-refractivity contribution is 0.415. The van der Waals surface area contributed by atoms with Gasteiger partial charge in [0, 0.05) is 34.8 Å². The van der Waals surface area contributed by atoms with Gasteiger partial charge in [-0.15, -0.1) is 0 Å². The molecule has 0 amide bonds. The van der Waals surface area contributed by atoms with Crippen molar-refractivity contribution >= 4 is 24.8 Å². The van der Waals surface area contributed by atoms with Crippen LogP contribution in [0.4, 0.5) is 0 Å². The number of hydrogen-bond acceptors (Lipinski definition) is 2. The highest BCUT2D eigenvalue weighted by Crippen LogP contribution is 2.44. The summed E-state index contributed by atoms with van der Waals surface area (Å²) < 4.78 is 5.44. The highest BCUT2D eigenvalue weighted by Gasteiger charge is 2.28. The van der Waals surface area contributed by atoms with Crippen LogP contribution in [0.5, 0.6) is 5.75 Å². The minimum atomic E-state index is 0.361. The fourth-order valence-corrected chi connectivity index (χ4v) is 4.88. The Balaban J connectivity index is 1.81. The van der Waals surface area contributed by atoms with Crippen LogP contribution >= 0.6 is 8.58 Å². The molecule has 0 fully saturated rings. The summed E-state index contributed by atoms with van der Waals surface area (Å²) in [5.41, 5.74) is 4.50. The average molecular weight is 324 g/mol. The lowest BCUT2D eigenvalue weighted by atomic mass is 9.99. The van der Waals surface area contributed by atoms with E-state index in [2.05, 4.69) is 59.7 Å². The van der Waals surface area contributed by atoms with E-state index in [1.165, 1.54) is 27.5 Å². The van der Waals surface area contributed by atoms with Gasteiger partial charge in [0.25, 0.3) is 0 Å². The monoisotopic (exact) mass is 324 g/mol. The van der Waals surface area contributed by atoms with Crippen LogP contribution in [0, 0.1) is 0 Å². The van der Waals surface area contributed by atoms with E-state index in [4.69, 9.17) is 4.74 Å². The third-order valence-corrected chi connectivity index (χ3v) is 6.11. The predicted molar refractivity (Wildman–Crippen MR) is 98.4 cm³/mol. The molecule has 0 saturated heterocycles.